The van der Waals surface area contributed by atoms with Crippen molar-refractivity contribution in [2.24, 2.45) is 0 Å². The Hall–Kier alpha value is -0.360. The first-order valence-corrected chi connectivity index (χ1v) is 4.53. The molecule has 1 saturated heterocycles. The molecule has 1 atom stereocenters. The molecule has 62 valence electrons. The zero-order valence-corrected chi connectivity index (χ0v) is 7.27. The van der Waals surface area contributed by atoms with Gasteiger partial charge in [0.05, 0.1) is 0 Å². The van der Waals surface area contributed by atoms with Crippen molar-refractivity contribution in [2.45, 2.75) is 4.71 Å². The third kappa shape index (κ3) is 1.81. The van der Waals surface area contributed by atoms with Gasteiger partial charge in [-0.2, -0.15) is 0 Å². The van der Waals surface area contributed by atoms with Gasteiger partial charge in [0.25, 0.3) is 0 Å². The summed E-state index contributed by atoms with van der Waals surface area (Å²) in [7, 11) is 0. The number of rotatable bonds is 0. The van der Waals surface area contributed by atoms with E-state index in [0.717, 1.165) is 5.75 Å². The Balaban J connectivity index is 2.60. The van der Waals surface area contributed by atoms with Gasteiger partial charge < -0.3 is 10.0 Å². The van der Waals surface area contributed by atoms with Crippen LogP contribution in [-0.2, 0) is 9.59 Å². The van der Waals surface area contributed by atoms with E-state index >= 15 is 0 Å². The van der Waals surface area contributed by atoms with Crippen LogP contribution in [0.4, 0.5) is 0 Å². The first-order valence-electron chi connectivity index (χ1n) is 2.96. The van der Waals surface area contributed by atoms with Crippen molar-refractivity contribution in [1.82, 2.24) is 4.90 Å². The number of thiol groups is 1. The minimum atomic E-state index is -1.41. The van der Waals surface area contributed by atoms with E-state index in [0.29, 0.717) is 6.54 Å². The maximum Gasteiger partial charge on any atom is 0.394 e. The van der Waals surface area contributed by atoms with Gasteiger partial charge in [-0.3, -0.25) is 4.79 Å². The highest BCUT2D eigenvalue weighted by Gasteiger charge is 2.30. The average molecular weight is 193 g/mol. The molecule has 6 heteroatoms. The molecule has 0 radical (unpaired) electrons. The lowest BCUT2D eigenvalue weighted by atomic mass is 10.5. The van der Waals surface area contributed by atoms with Crippen LogP contribution in [0.25, 0.3) is 0 Å². The van der Waals surface area contributed by atoms with Crippen molar-refractivity contribution in [3.8, 4) is 0 Å². The molecular formula is C5H7NO3S2. The van der Waals surface area contributed by atoms with E-state index in [1.807, 2.05) is 0 Å². The van der Waals surface area contributed by atoms with E-state index in [1.165, 1.54) is 16.7 Å². The highest BCUT2D eigenvalue weighted by atomic mass is 32.2. The van der Waals surface area contributed by atoms with Crippen molar-refractivity contribution in [3.63, 3.8) is 0 Å². The van der Waals surface area contributed by atoms with Gasteiger partial charge >= 0.3 is 11.9 Å². The van der Waals surface area contributed by atoms with Crippen LogP contribution in [0.1, 0.15) is 0 Å². The molecule has 0 aromatic rings. The van der Waals surface area contributed by atoms with Crippen LogP contribution in [0.3, 0.4) is 0 Å². The summed E-state index contributed by atoms with van der Waals surface area (Å²) in [5.41, 5.74) is 0. The summed E-state index contributed by atoms with van der Waals surface area (Å²) < 4.78 is -0.293. The molecule has 0 saturated carbocycles. The predicted molar refractivity (Wildman–Crippen MR) is 44.6 cm³/mol. The quantitative estimate of drug-likeness (QED) is 0.415. The van der Waals surface area contributed by atoms with Gasteiger partial charge in [-0.1, -0.05) is 0 Å². The average Bonchev–Trinajstić information content (AvgIpc) is 2.33. The monoisotopic (exact) mass is 193 g/mol. The summed E-state index contributed by atoms with van der Waals surface area (Å²) in [6.07, 6.45) is 0. The number of carboxylic acids is 1. The maximum absolute atomic E-state index is 10.8. The first-order chi connectivity index (χ1) is 5.13. The Morgan fingerprint density at radius 3 is 2.64 bits per heavy atom. The Morgan fingerprint density at radius 2 is 2.27 bits per heavy atom. The lowest BCUT2D eigenvalue weighted by molar-refractivity contribution is -0.155. The van der Waals surface area contributed by atoms with E-state index in [1.54, 1.807) is 0 Å². The first kappa shape index (κ1) is 8.73. The topological polar surface area (TPSA) is 57.6 Å². The highest BCUT2D eigenvalue weighted by Crippen LogP contribution is 2.25. The zero-order valence-electron chi connectivity index (χ0n) is 5.56. The highest BCUT2D eigenvalue weighted by molar-refractivity contribution is 8.10. The summed E-state index contributed by atoms with van der Waals surface area (Å²) in [4.78, 5) is 22.2. The van der Waals surface area contributed by atoms with E-state index in [4.69, 9.17) is 5.11 Å². The second-order valence-electron chi connectivity index (χ2n) is 2.00. The summed E-state index contributed by atoms with van der Waals surface area (Å²) >= 11 is 5.48. The SMILES string of the molecule is O=C(O)C(=O)N1CCSC1S. The van der Waals surface area contributed by atoms with Crippen LogP contribution in [0, 0.1) is 0 Å². The smallest absolute Gasteiger partial charge is 0.394 e. The van der Waals surface area contributed by atoms with E-state index in [9.17, 15) is 9.59 Å². The molecule has 0 aliphatic carbocycles. The fourth-order valence-electron chi connectivity index (χ4n) is 0.782. The minimum absolute atomic E-state index is 0.293. The second kappa shape index (κ2) is 3.36. The molecule has 0 aromatic carbocycles. The number of thioether (sulfide) groups is 1. The lowest BCUT2D eigenvalue weighted by Gasteiger charge is -2.16. The summed E-state index contributed by atoms with van der Waals surface area (Å²) in [6.45, 7) is 0.476. The summed E-state index contributed by atoms with van der Waals surface area (Å²) in [5, 5.41) is 8.33. The molecule has 1 N–H and O–H groups in total. The second-order valence-corrected chi connectivity index (χ2v) is 4.03. The van der Waals surface area contributed by atoms with E-state index in [2.05, 4.69) is 12.6 Å². The van der Waals surface area contributed by atoms with Gasteiger partial charge in [0, 0.05) is 12.3 Å². The van der Waals surface area contributed by atoms with Crippen molar-refractivity contribution in [2.75, 3.05) is 12.3 Å². The van der Waals surface area contributed by atoms with E-state index in [-0.39, 0.29) is 4.71 Å². The maximum atomic E-state index is 10.8. The van der Waals surface area contributed by atoms with Crippen LogP contribution in [-0.4, -0.2) is 38.9 Å². The molecule has 0 aromatic heterocycles. The number of carbonyl (C=O) groups excluding carboxylic acids is 1. The molecule has 1 unspecified atom stereocenters. The Morgan fingerprint density at radius 1 is 1.64 bits per heavy atom. The Labute approximate surface area is 73.3 Å². The van der Waals surface area contributed by atoms with Crippen LogP contribution < -0.4 is 0 Å². The van der Waals surface area contributed by atoms with Crippen molar-refractivity contribution >= 4 is 36.3 Å². The molecule has 1 aliphatic rings. The van der Waals surface area contributed by atoms with Crippen LogP contribution in [0.2, 0.25) is 0 Å². The minimum Gasteiger partial charge on any atom is -0.474 e. The van der Waals surface area contributed by atoms with Crippen molar-refractivity contribution in [1.29, 1.82) is 0 Å². The molecule has 1 amide bonds. The molecular weight excluding hydrogens is 186 g/mol. The standard InChI is InChI=1S/C5H7NO3S2/c7-3(4(8)9)6-1-2-11-5(6)10/h5,10H,1-2H2,(H,8,9). The van der Waals surface area contributed by atoms with Gasteiger partial charge in [0.1, 0.15) is 4.71 Å². The molecule has 0 bridgehead atoms. The third-order valence-corrected chi connectivity index (χ3v) is 3.01. The van der Waals surface area contributed by atoms with Crippen LogP contribution in [0.5, 0.6) is 0 Å². The third-order valence-electron chi connectivity index (χ3n) is 1.31. The molecule has 1 rings (SSSR count). The molecule has 1 heterocycles. The van der Waals surface area contributed by atoms with Gasteiger partial charge in [0.2, 0.25) is 0 Å². The number of hydrogen-bond acceptors (Lipinski definition) is 4. The van der Waals surface area contributed by atoms with Gasteiger partial charge in [-0.15, -0.1) is 24.4 Å². The lowest BCUT2D eigenvalue weighted by Crippen LogP contribution is -2.37. The summed E-state index contributed by atoms with van der Waals surface area (Å²) in [6, 6.07) is 0. The van der Waals surface area contributed by atoms with Crippen molar-refractivity contribution in [3.05, 3.63) is 0 Å². The molecule has 4 nitrogen and oxygen atoms in total. The van der Waals surface area contributed by atoms with Gasteiger partial charge in [0.15, 0.2) is 0 Å². The summed E-state index contributed by atoms with van der Waals surface area (Å²) in [5.74, 6) is -1.52. The Bertz CT molecular complexity index is 196. The number of carbonyl (C=O) groups is 2. The number of hydrogen-bond donors (Lipinski definition) is 2. The van der Waals surface area contributed by atoms with Gasteiger partial charge in [-0.25, -0.2) is 4.79 Å². The van der Waals surface area contributed by atoms with Gasteiger partial charge in [-0.05, 0) is 0 Å². The van der Waals surface area contributed by atoms with Crippen LogP contribution >= 0.6 is 24.4 Å². The number of nitrogens with zero attached hydrogens (tertiary/aromatic N) is 1. The normalized spacial score (nSPS) is 23.7. The fraction of sp³-hybridized carbons (Fsp3) is 0.600. The van der Waals surface area contributed by atoms with Crippen molar-refractivity contribution < 1.29 is 14.7 Å². The molecule has 1 fully saturated rings. The van der Waals surface area contributed by atoms with E-state index < -0.39 is 11.9 Å². The Kier molecular flexibility index (Phi) is 2.67. The molecule has 11 heavy (non-hydrogen) atoms. The fourth-order valence-corrected chi connectivity index (χ4v) is 2.21. The zero-order chi connectivity index (χ0) is 8.43. The molecule has 1 aliphatic heterocycles. The molecule has 0 spiro atoms. The number of aliphatic carboxylic acids is 1. The number of amides is 1. The number of carboxylic acid groups (broad SMARTS) is 1. The predicted octanol–water partition coefficient (Wildman–Crippen LogP) is -0.140. The van der Waals surface area contributed by atoms with Crippen LogP contribution in [0.15, 0.2) is 0 Å². The largest absolute Gasteiger partial charge is 0.474 e.